The van der Waals surface area contributed by atoms with Crippen LogP contribution in [0.4, 0.5) is 5.69 Å². The van der Waals surface area contributed by atoms with Crippen LogP contribution in [0.15, 0.2) is 24.3 Å². The van der Waals surface area contributed by atoms with Gasteiger partial charge in [0, 0.05) is 18.6 Å². The molecule has 0 bridgehead atoms. The van der Waals surface area contributed by atoms with Gasteiger partial charge in [-0.2, -0.15) is 5.26 Å². The van der Waals surface area contributed by atoms with Gasteiger partial charge in [0.1, 0.15) is 17.4 Å². The van der Waals surface area contributed by atoms with Crippen molar-refractivity contribution < 1.29 is 9.66 Å². The largest absolute Gasteiger partial charge is 0.490 e. The summed E-state index contributed by atoms with van der Waals surface area (Å²) in [6.07, 6.45) is 2.16. The van der Waals surface area contributed by atoms with Crippen LogP contribution in [-0.2, 0) is 0 Å². The molecule has 0 aliphatic heterocycles. The molecule has 1 N–H and O–H groups in total. The van der Waals surface area contributed by atoms with Gasteiger partial charge in [0.25, 0.3) is 5.69 Å². The first kappa shape index (κ1) is 14.3. The molecule has 0 aromatic heterocycles. The predicted octanol–water partition coefficient (Wildman–Crippen LogP) is 2.40. The number of rotatable bonds is 5. The highest BCUT2D eigenvalue weighted by molar-refractivity contribution is 5.36. The van der Waals surface area contributed by atoms with Crippen molar-refractivity contribution in [2.24, 2.45) is 0 Å². The van der Waals surface area contributed by atoms with Gasteiger partial charge >= 0.3 is 0 Å². The molecule has 1 aromatic carbocycles. The minimum Gasteiger partial charge on any atom is -0.490 e. The van der Waals surface area contributed by atoms with E-state index in [1.54, 1.807) is 12.1 Å². The fraction of sp³-hybridized carbons (Fsp3) is 0.500. The molecule has 1 aliphatic rings. The van der Waals surface area contributed by atoms with E-state index in [4.69, 9.17) is 4.74 Å². The maximum Gasteiger partial charge on any atom is 0.269 e. The van der Waals surface area contributed by atoms with E-state index < -0.39 is 10.5 Å². The lowest BCUT2D eigenvalue weighted by atomic mass is 10.00. The van der Waals surface area contributed by atoms with Crippen molar-refractivity contribution in [3.63, 3.8) is 0 Å². The number of hydrogen-bond acceptors (Lipinski definition) is 5. The van der Waals surface area contributed by atoms with E-state index in [0.717, 1.165) is 19.4 Å². The Morgan fingerprint density at radius 3 is 2.80 bits per heavy atom. The van der Waals surface area contributed by atoms with Crippen molar-refractivity contribution in [1.29, 1.82) is 5.26 Å². The Kier molecular flexibility index (Phi) is 4.20. The molecule has 0 saturated heterocycles. The summed E-state index contributed by atoms with van der Waals surface area (Å²) in [6.45, 7) is 2.72. The molecule has 2 atom stereocenters. The number of benzene rings is 1. The van der Waals surface area contributed by atoms with Crippen LogP contribution in [0.3, 0.4) is 0 Å². The van der Waals surface area contributed by atoms with E-state index in [1.807, 2.05) is 6.92 Å². The number of nitriles is 1. The van der Waals surface area contributed by atoms with E-state index in [0.29, 0.717) is 12.2 Å². The molecule has 20 heavy (non-hydrogen) atoms. The molecule has 2 unspecified atom stereocenters. The molecule has 0 radical (unpaired) electrons. The Bertz CT molecular complexity index is 523. The molecule has 6 nitrogen and oxygen atoms in total. The van der Waals surface area contributed by atoms with Gasteiger partial charge in [0.15, 0.2) is 0 Å². The predicted molar refractivity (Wildman–Crippen MR) is 73.4 cm³/mol. The van der Waals surface area contributed by atoms with E-state index in [-0.39, 0.29) is 11.8 Å². The molecule has 1 aliphatic carbocycles. The standard InChI is InChI=1S/C14H17N3O3/c1-2-16-14(10-15)8-7-13(9-14)20-12-5-3-11(4-6-12)17(18)19/h3-6,13,16H,2,7-9H2,1H3. The van der Waals surface area contributed by atoms with Crippen molar-refractivity contribution >= 4 is 5.69 Å². The summed E-state index contributed by atoms with van der Waals surface area (Å²) in [7, 11) is 0. The molecule has 1 aromatic rings. The van der Waals surface area contributed by atoms with E-state index >= 15 is 0 Å². The highest BCUT2D eigenvalue weighted by atomic mass is 16.6. The van der Waals surface area contributed by atoms with Gasteiger partial charge in [0.05, 0.1) is 11.0 Å². The molecule has 0 heterocycles. The number of nitrogens with one attached hydrogen (secondary N) is 1. The normalized spacial score (nSPS) is 25.1. The summed E-state index contributed by atoms with van der Waals surface area (Å²) in [5, 5.41) is 23.1. The lowest BCUT2D eigenvalue weighted by Crippen LogP contribution is -2.42. The summed E-state index contributed by atoms with van der Waals surface area (Å²) < 4.78 is 5.80. The molecular formula is C14H17N3O3. The average Bonchev–Trinajstić information content (AvgIpc) is 2.83. The lowest BCUT2D eigenvalue weighted by molar-refractivity contribution is -0.384. The van der Waals surface area contributed by atoms with Crippen molar-refractivity contribution in [2.75, 3.05) is 6.54 Å². The average molecular weight is 275 g/mol. The molecule has 106 valence electrons. The molecule has 1 fully saturated rings. The lowest BCUT2D eigenvalue weighted by Gasteiger charge is -2.21. The van der Waals surface area contributed by atoms with Gasteiger partial charge in [-0.15, -0.1) is 0 Å². The zero-order chi connectivity index (χ0) is 14.6. The minimum atomic E-state index is -0.500. The van der Waals surface area contributed by atoms with Crippen LogP contribution >= 0.6 is 0 Å². The Hall–Kier alpha value is -2.13. The number of ether oxygens (including phenoxy) is 1. The summed E-state index contributed by atoms with van der Waals surface area (Å²) in [4.78, 5) is 10.1. The molecule has 0 amide bonds. The van der Waals surface area contributed by atoms with Crippen LogP contribution in [-0.4, -0.2) is 23.1 Å². The van der Waals surface area contributed by atoms with Crippen LogP contribution in [0.1, 0.15) is 26.2 Å². The van der Waals surface area contributed by atoms with Gasteiger partial charge in [-0.3, -0.25) is 15.4 Å². The van der Waals surface area contributed by atoms with Crippen LogP contribution in [0.2, 0.25) is 0 Å². The second kappa shape index (κ2) is 5.88. The van der Waals surface area contributed by atoms with Crippen molar-refractivity contribution in [1.82, 2.24) is 5.32 Å². The Balaban J connectivity index is 1.98. The van der Waals surface area contributed by atoms with E-state index in [9.17, 15) is 15.4 Å². The summed E-state index contributed by atoms with van der Waals surface area (Å²) in [5.74, 6) is 0.603. The minimum absolute atomic E-state index is 0.0323. The molecule has 2 rings (SSSR count). The fourth-order valence-electron chi connectivity index (χ4n) is 2.58. The second-order valence-corrected chi connectivity index (χ2v) is 4.96. The van der Waals surface area contributed by atoms with Gasteiger partial charge < -0.3 is 4.74 Å². The third kappa shape index (κ3) is 3.06. The quantitative estimate of drug-likeness (QED) is 0.658. The number of nitrogens with zero attached hydrogens (tertiary/aromatic N) is 2. The number of nitro groups is 1. The second-order valence-electron chi connectivity index (χ2n) is 4.96. The van der Waals surface area contributed by atoms with Crippen LogP contribution in [0.25, 0.3) is 0 Å². The first-order valence-electron chi connectivity index (χ1n) is 6.66. The highest BCUT2D eigenvalue weighted by Gasteiger charge is 2.39. The van der Waals surface area contributed by atoms with Crippen LogP contribution < -0.4 is 10.1 Å². The Morgan fingerprint density at radius 1 is 1.55 bits per heavy atom. The van der Waals surface area contributed by atoms with Crippen LogP contribution in [0.5, 0.6) is 5.75 Å². The zero-order valence-corrected chi connectivity index (χ0v) is 11.3. The van der Waals surface area contributed by atoms with E-state index in [1.165, 1.54) is 12.1 Å². The van der Waals surface area contributed by atoms with Crippen molar-refractivity contribution in [3.8, 4) is 11.8 Å². The summed E-state index contributed by atoms with van der Waals surface area (Å²) in [6, 6.07) is 8.37. The summed E-state index contributed by atoms with van der Waals surface area (Å²) >= 11 is 0. The number of hydrogen-bond donors (Lipinski definition) is 1. The third-order valence-corrected chi connectivity index (χ3v) is 3.55. The Labute approximate surface area is 117 Å². The molecule has 6 heteroatoms. The van der Waals surface area contributed by atoms with Crippen molar-refractivity contribution in [3.05, 3.63) is 34.4 Å². The topological polar surface area (TPSA) is 88.2 Å². The Morgan fingerprint density at radius 2 is 2.25 bits per heavy atom. The fourth-order valence-corrected chi connectivity index (χ4v) is 2.58. The molecule has 1 saturated carbocycles. The number of non-ortho nitro benzene ring substituents is 1. The monoisotopic (exact) mass is 275 g/mol. The third-order valence-electron chi connectivity index (χ3n) is 3.55. The van der Waals surface area contributed by atoms with Gasteiger partial charge in [-0.25, -0.2) is 0 Å². The molecular weight excluding hydrogens is 258 g/mol. The maximum atomic E-state index is 10.6. The van der Waals surface area contributed by atoms with Gasteiger partial charge in [-0.1, -0.05) is 6.92 Å². The van der Waals surface area contributed by atoms with E-state index in [2.05, 4.69) is 11.4 Å². The first-order chi connectivity index (χ1) is 9.58. The first-order valence-corrected chi connectivity index (χ1v) is 6.66. The van der Waals surface area contributed by atoms with Crippen LogP contribution in [0, 0.1) is 21.4 Å². The maximum absolute atomic E-state index is 10.6. The zero-order valence-electron chi connectivity index (χ0n) is 11.3. The smallest absolute Gasteiger partial charge is 0.269 e. The summed E-state index contributed by atoms with van der Waals surface area (Å²) in [5.41, 5.74) is -0.456. The van der Waals surface area contributed by atoms with Crippen molar-refractivity contribution in [2.45, 2.75) is 37.8 Å². The SMILES string of the molecule is CCNC1(C#N)CCC(Oc2ccc([N+](=O)[O-])cc2)C1. The highest BCUT2D eigenvalue weighted by Crippen LogP contribution is 2.32. The van der Waals surface area contributed by atoms with Gasteiger partial charge in [0.2, 0.25) is 0 Å². The molecule has 0 spiro atoms. The van der Waals surface area contributed by atoms with Gasteiger partial charge in [-0.05, 0) is 31.5 Å². The number of nitro benzene ring substituents is 1.